The van der Waals surface area contributed by atoms with E-state index in [-0.39, 0.29) is 5.56 Å². The van der Waals surface area contributed by atoms with E-state index in [1.165, 1.54) is 19.2 Å². The molecule has 0 saturated carbocycles. The average molecular weight is 373 g/mol. The first-order valence-electron chi connectivity index (χ1n) is 6.03. The molecule has 21 heavy (non-hydrogen) atoms. The normalized spacial score (nSPS) is 10.3. The molecule has 0 aliphatic rings. The molecule has 0 unspecified atom stereocenters. The van der Waals surface area contributed by atoms with E-state index in [9.17, 15) is 9.18 Å². The highest BCUT2D eigenvalue weighted by Gasteiger charge is 2.15. The molecule has 0 atom stereocenters. The predicted octanol–water partition coefficient (Wildman–Crippen LogP) is 4.81. The van der Waals surface area contributed by atoms with Crippen LogP contribution in [0.1, 0.15) is 15.9 Å². The highest BCUT2D eigenvalue weighted by atomic mass is 79.9. The summed E-state index contributed by atoms with van der Waals surface area (Å²) in [6.45, 7) is 1.80. The molecule has 2 aromatic carbocycles. The number of aryl methyl sites for hydroxylation is 1. The Balaban J connectivity index is 2.33. The zero-order valence-corrected chi connectivity index (χ0v) is 13.7. The Labute approximate surface area is 135 Å². The number of anilines is 1. The van der Waals surface area contributed by atoms with Gasteiger partial charge < -0.3 is 10.1 Å². The first-order valence-corrected chi connectivity index (χ1v) is 7.20. The number of amides is 1. The van der Waals surface area contributed by atoms with Crippen LogP contribution in [-0.2, 0) is 0 Å². The highest BCUT2D eigenvalue weighted by molar-refractivity contribution is 9.10. The standard InChI is InChI=1S/C15H12BrClFNO2/c1-8-5-13(14(21-2)7-11(8)17)19-15(20)10-4-3-9(16)6-12(10)18/h3-7H,1-2H3,(H,19,20). The zero-order valence-electron chi connectivity index (χ0n) is 11.3. The third kappa shape index (κ3) is 3.54. The van der Waals surface area contributed by atoms with Gasteiger partial charge in [0.15, 0.2) is 0 Å². The molecule has 0 aliphatic carbocycles. The lowest BCUT2D eigenvalue weighted by atomic mass is 10.1. The van der Waals surface area contributed by atoms with E-state index in [2.05, 4.69) is 21.2 Å². The van der Waals surface area contributed by atoms with E-state index in [0.717, 1.165) is 5.56 Å². The van der Waals surface area contributed by atoms with Gasteiger partial charge in [-0.2, -0.15) is 0 Å². The molecule has 1 N–H and O–H groups in total. The summed E-state index contributed by atoms with van der Waals surface area (Å²) in [6, 6.07) is 7.52. The lowest BCUT2D eigenvalue weighted by molar-refractivity contribution is 0.102. The topological polar surface area (TPSA) is 38.3 Å². The first-order chi connectivity index (χ1) is 9.92. The minimum absolute atomic E-state index is 0.0483. The molecule has 3 nitrogen and oxygen atoms in total. The summed E-state index contributed by atoms with van der Waals surface area (Å²) >= 11 is 9.15. The second kappa shape index (κ2) is 6.45. The van der Waals surface area contributed by atoms with Gasteiger partial charge in [-0.15, -0.1) is 0 Å². The van der Waals surface area contributed by atoms with Crippen molar-refractivity contribution in [2.75, 3.05) is 12.4 Å². The SMILES string of the molecule is COc1cc(Cl)c(C)cc1NC(=O)c1ccc(Br)cc1F. The second-order valence-electron chi connectivity index (χ2n) is 4.38. The van der Waals surface area contributed by atoms with Crippen molar-refractivity contribution in [3.8, 4) is 5.75 Å². The number of carbonyl (C=O) groups excluding carboxylic acids is 1. The maximum Gasteiger partial charge on any atom is 0.258 e. The fourth-order valence-electron chi connectivity index (χ4n) is 1.79. The molecule has 6 heteroatoms. The van der Waals surface area contributed by atoms with Gasteiger partial charge in [0.25, 0.3) is 5.91 Å². The average Bonchev–Trinajstić information content (AvgIpc) is 2.42. The van der Waals surface area contributed by atoms with E-state index in [4.69, 9.17) is 16.3 Å². The predicted molar refractivity (Wildman–Crippen MR) is 84.8 cm³/mol. The number of methoxy groups -OCH3 is 1. The Bertz CT molecular complexity index is 706. The summed E-state index contributed by atoms with van der Waals surface area (Å²) in [5.41, 5.74) is 1.17. The monoisotopic (exact) mass is 371 g/mol. The van der Waals surface area contributed by atoms with Crippen LogP contribution in [0, 0.1) is 12.7 Å². The number of rotatable bonds is 3. The smallest absolute Gasteiger partial charge is 0.258 e. The van der Waals surface area contributed by atoms with Crippen molar-refractivity contribution in [1.82, 2.24) is 0 Å². The number of halogens is 3. The van der Waals surface area contributed by atoms with E-state index in [1.807, 2.05) is 0 Å². The molecule has 0 fully saturated rings. The van der Waals surface area contributed by atoms with E-state index < -0.39 is 11.7 Å². The van der Waals surface area contributed by atoms with Gasteiger partial charge in [0, 0.05) is 15.6 Å². The lowest BCUT2D eigenvalue weighted by Gasteiger charge is -2.12. The van der Waals surface area contributed by atoms with Crippen LogP contribution in [-0.4, -0.2) is 13.0 Å². The summed E-state index contributed by atoms with van der Waals surface area (Å²) in [4.78, 5) is 12.2. The van der Waals surface area contributed by atoms with Crippen molar-refractivity contribution < 1.29 is 13.9 Å². The minimum atomic E-state index is -0.605. The third-order valence-electron chi connectivity index (χ3n) is 2.90. The van der Waals surface area contributed by atoms with Crippen LogP contribution in [0.15, 0.2) is 34.8 Å². The number of hydrogen-bond donors (Lipinski definition) is 1. The number of hydrogen-bond acceptors (Lipinski definition) is 2. The van der Waals surface area contributed by atoms with Gasteiger partial charge in [0.2, 0.25) is 0 Å². The van der Waals surface area contributed by atoms with Crippen LogP contribution in [0.2, 0.25) is 5.02 Å². The van der Waals surface area contributed by atoms with Crippen LogP contribution in [0.3, 0.4) is 0 Å². The van der Waals surface area contributed by atoms with Crippen LogP contribution in [0.4, 0.5) is 10.1 Å². The summed E-state index contributed by atoms with van der Waals surface area (Å²) in [6.07, 6.45) is 0. The van der Waals surface area contributed by atoms with Crippen molar-refractivity contribution in [1.29, 1.82) is 0 Å². The summed E-state index contributed by atoms with van der Waals surface area (Å²) in [5.74, 6) is -0.747. The van der Waals surface area contributed by atoms with E-state index in [0.29, 0.717) is 20.9 Å². The second-order valence-corrected chi connectivity index (χ2v) is 5.70. The minimum Gasteiger partial charge on any atom is -0.495 e. The van der Waals surface area contributed by atoms with Gasteiger partial charge >= 0.3 is 0 Å². The Morgan fingerprint density at radius 2 is 2.05 bits per heavy atom. The molecule has 0 heterocycles. The molecule has 0 spiro atoms. The number of nitrogens with one attached hydrogen (secondary N) is 1. The van der Waals surface area contributed by atoms with Gasteiger partial charge in [0.1, 0.15) is 11.6 Å². The van der Waals surface area contributed by atoms with Gasteiger partial charge in [0.05, 0.1) is 18.4 Å². The van der Waals surface area contributed by atoms with E-state index >= 15 is 0 Å². The zero-order chi connectivity index (χ0) is 15.6. The summed E-state index contributed by atoms with van der Waals surface area (Å²) < 4.78 is 19.5. The molecule has 2 aromatic rings. The fraction of sp³-hybridized carbons (Fsp3) is 0.133. The van der Waals surface area contributed by atoms with Crippen LogP contribution < -0.4 is 10.1 Å². The quantitative estimate of drug-likeness (QED) is 0.839. The van der Waals surface area contributed by atoms with Crippen LogP contribution >= 0.6 is 27.5 Å². The third-order valence-corrected chi connectivity index (χ3v) is 3.81. The largest absolute Gasteiger partial charge is 0.495 e. The van der Waals surface area contributed by atoms with Crippen LogP contribution in [0.25, 0.3) is 0 Å². The number of benzene rings is 2. The molecular formula is C15H12BrClFNO2. The lowest BCUT2D eigenvalue weighted by Crippen LogP contribution is -2.14. The van der Waals surface area contributed by atoms with Crippen molar-refractivity contribution in [3.05, 3.63) is 56.8 Å². The molecule has 2 rings (SSSR count). The van der Waals surface area contributed by atoms with Gasteiger partial charge in [-0.05, 0) is 36.8 Å². The fourth-order valence-corrected chi connectivity index (χ4v) is 2.28. The Morgan fingerprint density at radius 3 is 2.67 bits per heavy atom. The molecule has 0 aliphatic heterocycles. The molecular weight excluding hydrogens is 361 g/mol. The van der Waals surface area contributed by atoms with Crippen molar-refractivity contribution in [2.24, 2.45) is 0 Å². The van der Waals surface area contributed by atoms with Crippen molar-refractivity contribution in [3.63, 3.8) is 0 Å². The number of carbonyl (C=O) groups is 1. The van der Waals surface area contributed by atoms with Crippen molar-refractivity contribution >= 4 is 39.1 Å². The van der Waals surface area contributed by atoms with Crippen LogP contribution in [0.5, 0.6) is 5.75 Å². The van der Waals surface area contributed by atoms with Gasteiger partial charge in [-0.25, -0.2) is 4.39 Å². The molecule has 0 radical (unpaired) electrons. The molecule has 0 bridgehead atoms. The Kier molecular flexibility index (Phi) is 4.85. The molecule has 0 saturated heterocycles. The van der Waals surface area contributed by atoms with Crippen molar-refractivity contribution in [2.45, 2.75) is 6.92 Å². The Morgan fingerprint density at radius 1 is 1.33 bits per heavy atom. The Hall–Kier alpha value is -1.59. The maximum absolute atomic E-state index is 13.8. The summed E-state index contributed by atoms with van der Waals surface area (Å²) in [7, 11) is 1.47. The molecule has 0 aromatic heterocycles. The highest BCUT2D eigenvalue weighted by Crippen LogP contribution is 2.31. The van der Waals surface area contributed by atoms with E-state index in [1.54, 1.807) is 25.1 Å². The van der Waals surface area contributed by atoms with Gasteiger partial charge in [-0.1, -0.05) is 27.5 Å². The van der Waals surface area contributed by atoms with Gasteiger partial charge in [-0.3, -0.25) is 4.79 Å². The number of ether oxygens (including phenoxy) is 1. The molecule has 110 valence electrons. The first kappa shape index (κ1) is 15.8. The summed E-state index contributed by atoms with van der Waals surface area (Å²) in [5, 5.41) is 3.16. The maximum atomic E-state index is 13.8. The molecule has 1 amide bonds.